The van der Waals surface area contributed by atoms with Crippen LogP contribution in [0, 0.1) is 11.8 Å². The Balaban J connectivity index is 2.19. The standard InChI is InChI=1S/C16H23Cl2N/c1-3-19-16(12-6-4-11(2)5-7-12)14-9-8-13(17)10-15(14)18/h8-12,16,19H,3-7H2,1-2H3. The van der Waals surface area contributed by atoms with Crippen LogP contribution >= 0.6 is 23.2 Å². The van der Waals surface area contributed by atoms with Gasteiger partial charge in [-0.25, -0.2) is 0 Å². The van der Waals surface area contributed by atoms with Crippen LogP contribution in [0.3, 0.4) is 0 Å². The first-order valence-corrected chi connectivity index (χ1v) is 8.05. The summed E-state index contributed by atoms with van der Waals surface area (Å²) in [5.41, 5.74) is 1.20. The van der Waals surface area contributed by atoms with Gasteiger partial charge >= 0.3 is 0 Å². The average molecular weight is 300 g/mol. The summed E-state index contributed by atoms with van der Waals surface area (Å²) in [5.74, 6) is 1.56. The van der Waals surface area contributed by atoms with Gasteiger partial charge in [-0.1, -0.05) is 56.0 Å². The maximum Gasteiger partial charge on any atom is 0.0468 e. The fourth-order valence-electron chi connectivity index (χ4n) is 3.12. The Hall–Kier alpha value is -0.240. The largest absolute Gasteiger partial charge is 0.310 e. The fourth-order valence-corrected chi connectivity index (χ4v) is 3.65. The molecule has 0 aromatic heterocycles. The molecule has 0 heterocycles. The highest BCUT2D eigenvalue weighted by atomic mass is 35.5. The van der Waals surface area contributed by atoms with Crippen LogP contribution in [0.25, 0.3) is 0 Å². The van der Waals surface area contributed by atoms with E-state index in [4.69, 9.17) is 23.2 Å². The lowest BCUT2D eigenvalue weighted by Gasteiger charge is -2.34. The molecule has 1 saturated carbocycles. The monoisotopic (exact) mass is 299 g/mol. The summed E-state index contributed by atoms with van der Waals surface area (Å²) in [6.45, 7) is 5.48. The number of rotatable bonds is 4. The van der Waals surface area contributed by atoms with Gasteiger partial charge in [-0.2, -0.15) is 0 Å². The van der Waals surface area contributed by atoms with Crippen molar-refractivity contribution in [1.82, 2.24) is 5.32 Å². The van der Waals surface area contributed by atoms with E-state index < -0.39 is 0 Å². The third-order valence-corrected chi connectivity index (χ3v) is 4.82. The van der Waals surface area contributed by atoms with Gasteiger partial charge in [0.05, 0.1) is 0 Å². The molecule has 1 nitrogen and oxygen atoms in total. The van der Waals surface area contributed by atoms with E-state index in [9.17, 15) is 0 Å². The molecule has 1 N–H and O–H groups in total. The summed E-state index contributed by atoms with van der Waals surface area (Å²) in [4.78, 5) is 0. The zero-order valence-electron chi connectivity index (χ0n) is 11.8. The van der Waals surface area contributed by atoms with Crippen molar-refractivity contribution in [2.24, 2.45) is 11.8 Å². The van der Waals surface area contributed by atoms with Gasteiger partial charge in [-0.15, -0.1) is 0 Å². The minimum Gasteiger partial charge on any atom is -0.310 e. The highest BCUT2D eigenvalue weighted by Crippen LogP contribution is 2.39. The first kappa shape index (κ1) is 15.2. The zero-order chi connectivity index (χ0) is 13.8. The van der Waals surface area contributed by atoms with E-state index in [2.05, 4.69) is 25.2 Å². The van der Waals surface area contributed by atoms with Crippen LogP contribution in [0.1, 0.15) is 51.1 Å². The summed E-state index contributed by atoms with van der Waals surface area (Å²) in [6.07, 6.45) is 5.24. The number of nitrogens with one attached hydrogen (secondary N) is 1. The first-order chi connectivity index (χ1) is 9.11. The molecule has 1 aromatic carbocycles. The maximum absolute atomic E-state index is 6.38. The molecule has 0 spiro atoms. The maximum atomic E-state index is 6.38. The Morgan fingerprint density at radius 1 is 1.21 bits per heavy atom. The summed E-state index contributed by atoms with van der Waals surface area (Å²) in [6, 6.07) is 6.24. The molecule has 0 saturated heterocycles. The van der Waals surface area contributed by atoms with Crippen LogP contribution in [0.4, 0.5) is 0 Å². The second-order valence-corrected chi connectivity index (χ2v) is 6.56. The normalized spacial score (nSPS) is 25.3. The SMILES string of the molecule is CCNC(c1ccc(Cl)cc1Cl)C1CCC(C)CC1. The Kier molecular flexibility index (Phi) is 5.56. The molecular formula is C16H23Cl2N. The van der Waals surface area contributed by atoms with Gasteiger partial charge in [0.15, 0.2) is 0 Å². The second kappa shape index (κ2) is 6.97. The molecule has 1 atom stereocenters. The molecule has 0 bridgehead atoms. The molecule has 1 aliphatic carbocycles. The number of halogens is 2. The van der Waals surface area contributed by atoms with Gasteiger partial charge < -0.3 is 5.32 Å². The van der Waals surface area contributed by atoms with Crippen molar-refractivity contribution in [2.45, 2.75) is 45.6 Å². The highest BCUT2D eigenvalue weighted by molar-refractivity contribution is 6.35. The van der Waals surface area contributed by atoms with E-state index >= 15 is 0 Å². The van der Waals surface area contributed by atoms with Crippen LogP contribution in [-0.4, -0.2) is 6.54 Å². The van der Waals surface area contributed by atoms with Gasteiger partial charge in [0.1, 0.15) is 0 Å². The molecule has 1 fully saturated rings. The summed E-state index contributed by atoms with van der Waals surface area (Å²) >= 11 is 12.4. The number of hydrogen-bond donors (Lipinski definition) is 1. The Morgan fingerprint density at radius 2 is 1.89 bits per heavy atom. The van der Waals surface area contributed by atoms with Crippen molar-refractivity contribution in [3.63, 3.8) is 0 Å². The van der Waals surface area contributed by atoms with E-state index in [0.717, 1.165) is 17.5 Å². The molecule has 106 valence electrons. The number of benzene rings is 1. The lowest BCUT2D eigenvalue weighted by Crippen LogP contribution is -2.31. The van der Waals surface area contributed by atoms with Crippen molar-refractivity contribution in [1.29, 1.82) is 0 Å². The Labute approximate surface area is 126 Å². The predicted molar refractivity (Wildman–Crippen MR) is 84.0 cm³/mol. The topological polar surface area (TPSA) is 12.0 Å². The Bertz CT molecular complexity index is 411. The molecular weight excluding hydrogens is 277 g/mol. The molecule has 1 aromatic rings. The quantitative estimate of drug-likeness (QED) is 0.777. The van der Waals surface area contributed by atoms with Crippen LogP contribution in [0.2, 0.25) is 10.0 Å². The predicted octanol–water partition coefficient (Wildman–Crippen LogP) is 5.47. The molecule has 3 heteroatoms. The molecule has 0 aliphatic heterocycles. The third-order valence-electron chi connectivity index (χ3n) is 4.25. The van der Waals surface area contributed by atoms with Crippen LogP contribution in [0.5, 0.6) is 0 Å². The van der Waals surface area contributed by atoms with Gasteiger partial charge in [0, 0.05) is 16.1 Å². The van der Waals surface area contributed by atoms with E-state index in [-0.39, 0.29) is 0 Å². The summed E-state index contributed by atoms with van der Waals surface area (Å²) < 4.78 is 0. The van der Waals surface area contributed by atoms with Crippen molar-refractivity contribution >= 4 is 23.2 Å². The van der Waals surface area contributed by atoms with E-state index in [1.54, 1.807) is 0 Å². The number of hydrogen-bond acceptors (Lipinski definition) is 1. The molecule has 1 unspecified atom stereocenters. The lowest BCUT2D eigenvalue weighted by molar-refractivity contribution is 0.233. The second-order valence-electron chi connectivity index (χ2n) is 5.72. The molecule has 2 rings (SSSR count). The van der Waals surface area contributed by atoms with Gasteiger partial charge in [-0.3, -0.25) is 0 Å². The van der Waals surface area contributed by atoms with Gasteiger partial charge in [-0.05, 0) is 48.9 Å². The van der Waals surface area contributed by atoms with Crippen molar-refractivity contribution < 1.29 is 0 Å². The van der Waals surface area contributed by atoms with Gasteiger partial charge in [0.2, 0.25) is 0 Å². The Morgan fingerprint density at radius 3 is 2.47 bits per heavy atom. The highest BCUT2D eigenvalue weighted by Gasteiger charge is 2.27. The molecule has 0 radical (unpaired) electrons. The van der Waals surface area contributed by atoms with Crippen LogP contribution in [-0.2, 0) is 0 Å². The van der Waals surface area contributed by atoms with Crippen molar-refractivity contribution in [3.8, 4) is 0 Å². The lowest BCUT2D eigenvalue weighted by atomic mass is 9.77. The van der Waals surface area contributed by atoms with Crippen LogP contribution in [0.15, 0.2) is 18.2 Å². The van der Waals surface area contributed by atoms with Crippen molar-refractivity contribution in [3.05, 3.63) is 33.8 Å². The molecule has 1 aliphatic rings. The molecule has 19 heavy (non-hydrogen) atoms. The summed E-state index contributed by atoms with van der Waals surface area (Å²) in [7, 11) is 0. The zero-order valence-corrected chi connectivity index (χ0v) is 13.3. The van der Waals surface area contributed by atoms with Crippen molar-refractivity contribution in [2.75, 3.05) is 6.54 Å². The third kappa shape index (κ3) is 3.87. The molecule has 0 amide bonds. The minimum atomic E-state index is 0.363. The minimum absolute atomic E-state index is 0.363. The van der Waals surface area contributed by atoms with E-state index in [1.807, 2.05) is 12.1 Å². The smallest absolute Gasteiger partial charge is 0.0468 e. The van der Waals surface area contributed by atoms with Crippen LogP contribution < -0.4 is 5.32 Å². The summed E-state index contributed by atoms with van der Waals surface area (Å²) in [5, 5.41) is 5.11. The van der Waals surface area contributed by atoms with E-state index in [1.165, 1.54) is 31.2 Å². The van der Waals surface area contributed by atoms with Gasteiger partial charge in [0.25, 0.3) is 0 Å². The first-order valence-electron chi connectivity index (χ1n) is 7.30. The fraction of sp³-hybridized carbons (Fsp3) is 0.625. The van der Waals surface area contributed by atoms with E-state index in [0.29, 0.717) is 17.0 Å². The average Bonchev–Trinajstić information content (AvgIpc) is 2.38.